The van der Waals surface area contributed by atoms with Crippen LogP contribution in [0.25, 0.3) is 0 Å². The zero-order valence-corrected chi connectivity index (χ0v) is 16.4. The number of carbonyl (C=O) groups is 2. The number of unbranched alkanes of at least 4 members (excludes halogenated alkanes) is 1. The van der Waals surface area contributed by atoms with Crippen LogP contribution in [0.2, 0.25) is 0 Å². The SMILES string of the molecule is CC(Cc1ccc2c(c1)OCO2)N(C)C(=O)OCOC(=O)C(N)CCCCN. The highest BCUT2D eigenvalue weighted by Gasteiger charge is 2.21. The van der Waals surface area contributed by atoms with Gasteiger partial charge in [0.1, 0.15) is 6.04 Å². The quantitative estimate of drug-likeness (QED) is 0.346. The van der Waals surface area contributed by atoms with Gasteiger partial charge in [0.05, 0.1) is 0 Å². The Morgan fingerprint density at radius 2 is 1.96 bits per heavy atom. The van der Waals surface area contributed by atoms with E-state index in [0.717, 1.165) is 18.4 Å². The number of esters is 1. The van der Waals surface area contributed by atoms with Crippen LogP contribution < -0.4 is 20.9 Å². The van der Waals surface area contributed by atoms with Crippen molar-refractivity contribution in [2.75, 3.05) is 27.2 Å². The number of benzene rings is 1. The number of rotatable bonds is 10. The molecule has 2 unspecified atom stereocenters. The van der Waals surface area contributed by atoms with Gasteiger partial charge in [-0.3, -0.25) is 4.79 Å². The molecule has 0 saturated carbocycles. The van der Waals surface area contributed by atoms with E-state index in [0.29, 0.717) is 30.9 Å². The van der Waals surface area contributed by atoms with Gasteiger partial charge in [-0.15, -0.1) is 0 Å². The maximum Gasteiger partial charge on any atom is 0.412 e. The third-order valence-corrected chi connectivity index (χ3v) is 4.57. The van der Waals surface area contributed by atoms with Crippen molar-refractivity contribution in [1.29, 1.82) is 0 Å². The third kappa shape index (κ3) is 6.28. The average Bonchev–Trinajstić information content (AvgIpc) is 3.15. The van der Waals surface area contributed by atoms with Crippen molar-refractivity contribution in [3.63, 3.8) is 0 Å². The van der Waals surface area contributed by atoms with Gasteiger partial charge < -0.3 is 35.3 Å². The van der Waals surface area contributed by atoms with Crippen LogP contribution in [0.15, 0.2) is 18.2 Å². The van der Waals surface area contributed by atoms with E-state index in [2.05, 4.69) is 0 Å². The Bertz CT molecular complexity index is 669. The Morgan fingerprint density at radius 1 is 1.21 bits per heavy atom. The maximum absolute atomic E-state index is 12.1. The predicted octanol–water partition coefficient (Wildman–Crippen LogP) is 1.37. The number of carbonyl (C=O) groups excluding carboxylic acids is 2. The lowest BCUT2D eigenvalue weighted by Gasteiger charge is -2.24. The van der Waals surface area contributed by atoms with Crippen molar-refractivity contribution in [2.45, 2.75) is 44.7 Å². The van der Waals surface area contributed by atoms with E-state index in [4.69, 9.17) is 30.4 Å². The first kappa shape index (κ1) is 21.8. The smallest absolute Gasteiger partial charge is 0.412 e. The van der Waals surface area contributed by atoms with Crippen LogP contribution in [0.3, 0.4) is 0 Å². The Kier molecular flexibility index (Phi) is 8.34. The fourth-order valence-electron chi connectivity index (χ4n) is 2.70. The first-order valence-electron chi connectivity index (χ1n) is 9.32. The van der Waals surface area contributed by atoms with Gasteiger partial charge in [0.2, 0.25) is 13.6 Å². The number of nitrogens with zero attached hydrogens (tertiary/aromatic N) is 1. The van der Waals surface area contributed by atoms with Gasteiger partial charge >= 0.3 is 12.1 Å². The number of fused-ring (bicyclic) bond motifs is 1. The highest BCUT2D eigenvalue weighted by molar-refractivity contribution is 5.75. The van der Waals surface area contributed by atoms with E-state index < -0.39 is 24.9 Å². The second kappa shape index (κ2) is 10.7. The van der Waals surface area contributed by atoms with Crippen LogP contribution in [0, 0.1) is 0 Å². The number of ether oxygens (including phenoxy) is 4. The van der Waals surface area contributed by atoms with E-state index in [-0.39, 0.29) is 12.8 Å². The minimum Gasteiger partial charge on any atom is -0.454 e. The van der Waals surface area contributed by atoms with E-state index in [1.54, 1.807) is 7.05 Å². The van der Waals surface area contributed by atoms with Gasteiger partial charge in [0, 0.05) is 13.1 Å². The van der Waals surface area contributed by atoms with E-state index in [9.17, 15) is 9.59 Å². The van der Waals surface area contributed by atoms with E-state index in [1.165, 1.54) is 4.90 Å². The van der Waals surface area contributed by atoms with Crippen molar-refractivity contribution in [3.05, 3.63) is 23.8 Å². The molecule has 1 aromatic carbocycles. The summed E-state index contributed by atoms with van der Waals surface area (Å²) in [5.74, 6) is 0.817. The summed E-state index contributed by atoms with van der Waals surface area (Å²) in [7, 11) is 1.63. The molecule has 0 aromatic heterocycles. The highest BCUT2D eigenvalue weighted by Crippen LogP contribution is 2.32. The molecule has 1 aromatic rings. The van der Waals surface area contributed by atoms with Gasteiger partial charge in [-0.25, -0.2) is 4.79 Å². The minimum atomic E-state index is -0.743. The summed E-state index contributed by atoms with van der Waals surface area (Å²) < 4.78 is 20.6. The molecular formula is C19H29N3O6. The zero-order valence-electron chi connectivity index (χ0n) is 16.4. The molecule has 0 fully saturated rings. The highest BCUT2D eigenvalue weighted by atomic mass is 16.7. The molecule has 156 valence electrons. The molecule has 9 heteroatoms. The topological polar surface area (TPSA) is 126 Å². The summed E-state index contributed by atoms with van der Waals surface area (Å²) in [6, 6.07) is 4.79. The van der Waals surface area contributed by atoms with Crippen molar-refractivity contribution in [2.24, 2.45) is 11.5 Å². The Morgan fingerprint density at radius 3 is 2.71 bits per heavy atom. The lowest BCUT2D eigenvalue weighted by Crippen LogP contribution is -2.38. The fraction of sp³-hybridized carbons (Fsp3) is 0.579. The number of amides is 1. The third-order valence-electron chi connectivity index (χ3n) is 4.57. The summed E-state index contributed by atoms with van der Waals surface area (Å²) in [4.78, 5) is 25.3. The Balaban J connectivity index is 1.72. The van der Waals surface area contributed by atoms with Crippen molar-refractivity contribution in [1.82, 2.24) is 4.90 Å². The van der Waals surface area contributed by atoms with Crippen LogP contribution >= 0.6 is 0 Å². The molecule has 0 aliphatic carbocycles. The van der Waals surface area contributed by atoms with Gasteiger partial charge in [-0.1, -0.05) is 12.5 Å². The number of hydrogen-bond acceptors (Lipinski definition) is 8. The number of likely N-dealkylation sites (N-methyl/N-ethyl adjacent to an activating group) is 1. The zero-order chi connectivity index (χ0) is 20.5. The normalized spacial score (nSPS) is 14.3. The van der Waals surface area contributed by atoms with Gasteiger partial charge in [0.15, 0.2) is 11.5 Å². The molecule has 1 aliphatic rings. The van der Waals surface area contributed by atoms with Crippen LogP contribution in [0.1, 0.15) is 31.7 Å². The molecule has 28 heavy (non-hydrogen) atoms. The molecule has 0 saturated heterocycles. The Labute approximate surface area is 164 Å². The summed E-state index contributed by atoms with van der Waals surface area (Å²) in [6.07, 6.45) is 2.04. The number of nitrogens with two attached hydrogens (primary N) is 2. The van der Waals surface area contributed by atoms with Crippen LogP contribution in [-0.4, -0.2) is 56.2 Å². The second-order valence-electron chi connectivity index (χ2n) is 6.73. The lowest BCUT2D eigenvalue weighted by atomic mass is 10.1. The predicted molar refractivity (Wildman–Crippen MR) is 102 cm³/mol. The molecule has 1 heterocycles. The molecule has 1 aliphatic heterocycles. The van der Waals surface area contributed by atoms with Crippen LogP contribution in [-0.2, 0) is 20.7 Å². The monoisotopic (exact) mass is 395 g/mol. The molecule has 2 rings (SSSR count). The summed E-state index contributed by atoms with van der Waals surface area (Å²) in [5.41, 5.74) is 12.1. The molecule has 4 N–H and O–H groups in total. The molecule has 0 radical (unpaired) electrons. The standard InChI is InChI=1S/C19H29N3O6/c1-13(9-14-6-7-16-17(10-14)26-11-25-16)22(2)19(24)28-12-27-18(23)15(21)5-3-4-8-20/h6-7,10,13,15H,3-5,8-9,11-12,20-21H2,1-2H3. The molecular weight excluding hydrogens is 366 g/mol. The van der Waals surface area contributed by atoms with Gasteiger partial charge in [0.25, 0.3) is 0 Å². The first-order chi connectivity index (χ1) is 13.4. The summed E-state index contributed by atoms with van der Waals surface area (Å²) in [6.45, 7) is 2.20. The number of hydrogen-bond donors (Lipinski definition) is 2. The fourth-order valence-corrected chi connectivity index (χ4v) is 2.70. The summed E-state index contributed by atoms with van der Waals surface area (Å²) in [5, 5.41) is 0. The first-order valence-corrected chi connectivity index (χ1v) is 9.32. The van der Waals surface area contributed by atoms with Crippen molar-refractivity contribution < 1.29 is 28.5 Å². The lowest BCUT2D eigenvalue weighted by molar-refractivity contribution is -0.154. The average molecular weight is 395 g/mol. The largest absolute Gasteiger partial charge is 0.454 e. The van der Waals surface area contributed by atoms with Gasteiger partial charge in [-0.05, 0) is 50.4 Å². The maximum atomic E-state index is 12.1. The molecule has 1 amide bonds. The summed E-state index contributed by atoms with van der Waals surface area (Å²) >= 11 is 0. The van der Waals surface area contributed by atoms with Crippen LogP contribution in [0.4, 0.5) is 4.79 Å². The molecule has 0 bridgehead atoms. The minimum absolute atomic E-state index is 0.137. The Hall–Kier alpha value is -2.52. The van der Waals surface area contributed by atoms with Crippen molar-refractivity contribution in [3.8, 4) is 11.5 Å². The van der Waals surface area contributed by atoms with Crippen molar-refractivity contribution >= 4 is 12.1 Å². The second-order valence-corrected chi connectivity index (χ2v) is 6.73. The van der Waals surface area contributed by atoms with Gasteiger partial charge in [-0.2, -0.15) is 0 Å². The molecule has 2 atom stereocenters. The van der Waals surface area contributed by atoms with E-state index >= 15 is 0 Å². The molecule has 0 spiro atoms. The van der Waals surface area contributed by atoms with E-state index in [1.807, 2.05) is 25.1 Å². The van der Waals surface area contributed by atoms with Crippen LogP contribution in [0.5, 0.6) is 11.5 Å². The molecule has 9 nitrogen and oxygen atoms in total.